The molecule has 3 rings (SSSR count). The molecule has 0 aliphatic carbocycles. The van der Waals surface area contributed by atoms with Gasteiger partial charge in [0, 0.05) is 25.2 Å². The summed E-state index contributed by atoms with van der Waals surface area (Å²) in [6, 6.07) is 8.06. The van der Waals surface area contributed by atoms with Crippen molar-refractivity contribution < 1.29 is 9.59 Å². The highest BCUT2D eigenvalue weighted by atomic mass is 16.2. The van der Waals surface area contributed by atoms with Gasteiger partial charge in [0.1, 0.15) is 0 Å². The van der Waals surface area contributed by atoms with Gasteiger partial charge in [0.2, 0.25) is 11.8 Å². The molecule has 2 heterocycles. The van der Waals surface area contributed by atoms with Crippen molar-refractivity contribution in [1.82, 2.24) is 10.6 Å². The van der Waals surface area contributed by atoms with Crippen LogP contribution in [0.5, 0.6) is 0 Å². The average molecular weight is 343 g/mol. The first-order valence-corrected chi connectivity index (χ1v) is 9.38. The summed E-state index contributed by atoms with van der Waals surface area (Å²) in [6.07, 6.45) is 3.44. The molecule has 2 aliphatic rings. The number of carbonyl (C=O) groups is 2. The Balaban J connectivity index is 1.56. The Morgan fingerprint density at radius 3 is 2.60 bits per heavy atom. The van der Waals surface area contributed by atoms with Crippen LogP contribution in [0.15, 0.2) is 24.3 Å². The van der Waals surface area contributed by atoms with E-state index >= 15 is 0 Å². The molecule has 0 saturated carbocycles. The van der Waals surface area contributed by atoms with Gasteiger partial charge < -0.3 is 15.5 Å². The van der Waals surface area contributed by atoms with Gasteiger partial charge in [-0.1, -0.05) is 26.0 Å². The maximum atomic E-state index is 12.5. The van der Waals surface area contributed by atoms with E-state index in [4.69, 9.17) is 0 Å². The fourth-order valence-corrected chi connectivity index (χ4v) is 3.70. The topological polar surface area (TPSA) is 61.4 Å². The summed E-state index contributed by atoms with van der Waals surface area (Å²) in [5, 5.41) is 6.46. The highest BCUT2D eigenvalue weighted by Crippen LogP contribution is 2.28. The first kappa shape index (κ1) is 17.9. The Hall–Kier alpha value is -1.88. The quantitative estimate of drug-likeness (QED) is 0.861. The van der Waals surface area contributed by atoms with Gasteiger partial charge in [0.15, 0.2) is 0 Å². The third kappa shape index (κ3) is 4.21. The smallest absolute Gasteiger partial charge is 0.227 e. The third-order valence-electron chi connectivity index (χ3n) is 5.65. The van der Waals surface area contributed by atoms with Gasteiger partial charge in [0.05, 0.1) is 5.92 Å². The number of benzene rings is 1. The molecule has 2 saturated heterocycles. The van der Waals surface area contributed by atoms with Crippen LogP contribution in [0.2, 0.25) is 0 Å². The minimum absolute atomic E-state index is 0.0146. The van der Waals surface area contributed by atoms with Crippen LogP contribution in [0, 0.1) is 11.3 Å². The predicted octanol–water partition coefficient (Wildman–Crippen LogP) is 2.11. The summed E-state index contributed by atoms with van der Waals surface area (Å²) >= 11 is 0. The Labute approximate surface area is 150 Å². The highest BCUT2D eigenvalue weighted by Gasteiger charge is 2.36. The largest absolute Gasteiger partial charge is 0.355 e. The number of hydrogen-bond donors (Lipinski definition) is 2. The van der Waals surface area contributed by atoms with Crippen molar-refractivity contribution in [2.45, 2.75) is 39.5 Å². The second-order valence-corrected chi connectivity index (χ2v) is 7.70. The molecule has 0 bridgehead atoms. The Bertz CT molecular complexity index is 620. The minimum atomic E-state index is -0.247. The van der Waals surface area contributed by atoms with Crippen molar-refractivity contribution >= 4 is 17.5 Å². The molecule has 0 spiro atoms. The Kier molecular flexibility index (Phi) is 5.42. The summed E-state index contributed by atoms with van der Waals surface area (Å²) in [4.78, 5) is 26.6. The van der Waals surface area contributed by atoms with E-state index in [2.05, 4.69) is 24.5 Å². The predicted molar refractivity (Wildman–Crippen MR) is 99.5 cm³/mol. The van der Waals surface area contributed by atoms with Crippen LogP contribution in [-0.4, -0.2) is 38.0 Å². The zero-order valence-electron chi connectivity index (χ0n) is 15.3. The van der Waals surface area contributed by atoms with Gasteiger partial charge in [-0.15, -0.1) is 0 Å². The van der Waals surface area contributed by atoms with Crippen molar-refractivity contribution in [3.05, 3.63) is 29.8 Å². The average Bonchev–Trinajstić information content (AvgIpc) is 3.02. The zero-order chi connectivity index (χ0) is 17.9. The normalized spacial score (nSPS) is 22.9. The first-order valence-electron chi connectivity index (χ1n) is 9.38. The highest BCUT2D eigenvalue weighted by molar-refractivity contribution is 6.00. The molecule has 2 amide bonds. The molecule has 1 atom stereocenters. The molecule has 1 aromatic rings. The van der Waals surface area contributed by atoms with E-state index in [1.807, 2.05) is 24.3 Å². The minimum Gasteiger partial charge on any atom is -0.355 e. The van der Waals surface area contributed by atoms with Crippen molar-refractivity contribution in [3.63, 3.8) is 0 Å². The molecule has 2 aliphatic heterocycles. The van der Waals surface area contributed by atoms with E-state index in [0.717, 1.165) is 38.0 Å². The van der Waals surface area contributed by atoms with Crippen molar-refractivity contribution in [2.24, 2.45) is 11.3 Å². The van der Waals surface area contributed by atoms with Crippen molar-refractivity contribution in [3.8, 4) is 0 Å². The van der Waals surface area contributed by atoms with E-state index in [1.54, 1.807) is 4.90 Å². The fourth-order valence-electron chi connectivity index (χ4n) is 3.70. The van der Waals surface area contributed by atoms with Gasteiger partial charge >= 0.3 is 0 Å². The van der Waals surface area contributed by atoms with Crippen LogP contribution in [-0.2, 0) is 16.0 Å². The van der Waals surface area contributed by atoms with E-state index in [1.165, 1.54) is 5.56 Å². The summed E-state index contributed by atoms with van der Waals surface area (Å²) in [5.74, 6) is -0.193. The molecule has 5 heteroatoms. The summed E-state index contributed by atoms with van der Waals surface area (Å²) in [7, 11) is 0. The fraction of sp³-hybridized carbons (Fsp3) is 0.600. The van der Waals surface area contributed by atoms with Crippen LogP contribution in [0.1, 0.15) is 38.7 Å². The first-order chi connectivity index (χ1) is 12.0. The molecule has 1 unspecified atom stereocenters. The van der Waals surface area contributed by atoms with Gasteiger partial charge in [-0.05, 0) is 55.5 Å². The molecular weight excluding hydrogens is 314 g/mol. The standard InChI is InChI=1S/C20H29N3O2/c1-3-15-4-6-17(7-5-15)23-13-16(12-18(23)24)19(25)22-14-20(2)8-10-21-11-9-20/h4-7,16,21H,3,8-14H2,1-2H3,(H,22,25). The zero-order valence-corrected chi connectivity index (χ0v) is 15.3. The molecular formula is C20H29N3O2. The number of piperidine rings is 1. The molecule has 1 aromatic carbocycles. The Morgan fingerprint density at radius 2 is 1.96 bits per heavy atom. The maximum Gasteiger partial charge on any atom is 0.227 e. The lowest BCUT2D eigenvalue weighted by atomic mass is 9.81. The van der Waals surface area contributed by atoms with Crippen LogP contribution < -0.4 is 15.5 Å². The number of carbonyl (C=O) groups excluding carboxylic acids is 2. The van der Waals surface area contributed by atoms with Crippen LogP contribution in [0.25, 0.3) is 0 Å². The molecule has 2 N–H and O–H groups in total. The maximum absolute atomic E-state index is 12.5. The van der Waals surface area contributed by atoms with E-state index in [9.17, 15) is 9.59 Å². The molecule has 2 fully saturated rings. The van der Waals surface area contributed by atoms with Crippen molar-refractivity contribution in [1.29, 1.82) is 0 Å². The summed E-state index contributed by atoms with van der Waals surface area (Å²) in [5.41, 5.74) is 2.31. The van der Waals surface area contributed by atoms with E-state index < -0.39 is 0 Å². The molecule has 25 heavy (non-hydrogen) atoms. The van der Waals surface area contributed by atoms with Gasteiger partial charge in [-0.2, -0.15) is 0 Å². The lowest BCUT2D eigenvalue weighted by Crippen LogP contribution is -2.44. The molecule has 0 radical (unpaired) electrons. The van der Waals surface area contributed by atoms with Gasteiger partial charge in [-0.25, -0.2) is 0 Å². The SMILES string of the molecule is CCc1ccc(N2CC(C(=O)NCC3(C)CCNCC3)CC2=O)cc1. The summed E-state index contributed by atoms with van der Waals surface area (Å²) < 4.78 is 0. The monoisotopic (exact) mass is 343 g/mol. The number of hydrogen-bond acceptors (Lipinski definition) is 3. The second-order valence-electron chi connectivity index (χ2n) is 7.70. The number of aryl methyl sites for hydroxylation is 1. The number of nitrogens with zero attached hydrogens (tertiary/aromatic N) is 1. The van der Waals surface area contributed by atoms with Crippen LogP contribution in [0.4, 0.5) is 5.69 Å². The van der Waals surface area contributed by atoms with Gasteiger partial charge in [0.25, 0.3) is 0 Å². The van der Waals surface area contributed by atoms with Gasteiger partial charge in [-0.3, -0.25) is 9.59 Å². The Morgan fingerprint density at radius 1 is 1.28 bits per heavy atom. The lowest BCUT2D eigenvalue weighted by Gasteiger charge is -2.34. The molecule has 136 valence electrons. The van der Waals surface area contributed by atoms with E-state index in [-0.39, 0.29) is 23.1 Å². The number of anilines is 1. The van der Waals surface area contributed by atoms with E-state index in [0.29, 0.717) is 19.5 Å². The molecule has 5 nitrogen and oxygen atoms in total. The van der Waals surface area contributed by atoms with Crippen molar-refractivity contribution in [2.75, 3.05) is 31.1 Å². The number of rotatable bonds is 5. The number of nitrogens with one attached hydrogen (secondary N) is 2. The van der Waals surface area contributed by atoms with Crippen LogP contribution >= 0.6 is 0 Å². The number of amides is 2. The second kappa shape index (κ2) is 7.56. The molecule has 0 aromatic heterocycles. The third-order valence-corrected chi connectivity index (χ3v) is 5.65. The summed E-state index contributed by atoms with van der Waals surface area (Å²) in [6.45, 7) is 7.54. The van der Waals surface area contributed by atoms with Crippen LogP contribution in [0.3, 0.4) is 0 Å². The lowest BCUT2D eigenvalue weighted by molar-refractivity contribution is -0.126.